The van der Waals surface area contributed by atoms with Gasteiger partial charge in [-0.15, -0.1) is 0 Å². The lowest BCUT2D eigenvalue weighted by Gasteiger charge is -2.19. The quantitative estimate of drug-likeness (QED) is 0.691. The second-order valence-corrected chi connectivity index (χ2v) is 3.34. The van der Waals surface area contributed by atoms with E-state index in [0.29, 0.717) is 24.7 Å². The first-order chi connectivity index (χ1) is 5.79. The van der Waals surface area contributed by atoms with Gasteiger partial charge in [-0.1, -0.05) is 0 Å². The Morgan fingerprint density at radius 1 is 1.25 bits per heavy atom. The Hall–Kier alpha value is -0.900. The van der Waals surface area contributed by atoms with E-state index in [1.807, 2.05) is 12.1 Å². The lowest BCUT2D eigenvalue weighted by atomic mass is 10.2. The van der Waals surface area contributed by atoms with Crippen LogP contribution >= 0.6 is 15.9 Å². The van der Waals surface area contributed by atoms with Gasteiger partial charge < -0.3 is 15.2 Å². The molecule has 0 unspecified atom stereocenters. The molecule has 3 nitrogen and oxygen atoms in total. The molecule has 0 saturated heterocycles. The van der Waals surface area contributed by atoms with Crippen LogP contribution in [0.4, 0.5) is 5.69 Å². The Balaban J connectivity index is 2.54. The fourth-order valence-corrected chi connectivity index (χ4v) is 1.43. The second-order valence-electron chi connectivity index (χ2n) is 2.49. The summed E-state index contributed by atoms with van der Waals surface area (Å²) in [6.45, 7) is 1.15. The van der Waals surface area contributed by atoms with E-state index in [9.17, 15) is 0 Å². The van der Waals surface area contributed by atoms with Crippen molar-refractivity contribution in [1.82, 2.24) is 0 Å². The number of hydrogen-bond donors (Lipinski definition) is 1. The molecule has 0 saturated carbocycles. The molecule has 0 bridgehead atoms. The highest BCUT2D eigenvalue weighted by Gasteiger charge is 2.15. The number of halogens is 1. The van der Waals surface area contributed by atoms with Crippen molar-refractivity contribution in [3.63, 3.8) is 0 Å². The molecule has 2 N–H and O–H groups in total. The van der Waals surface area contributed by atoms with Crippen LogP contribution in [0.5, 0.6) is 11.5 Å². The zero-order chi connectivity index (χ0) is 8.55. The molecule has 0 radical (unpaired) electrons. The van der Waals surface area contributed by atoms with Gasteiger partial charge >= 0.3 is 0 Å². The van der Waals surface area contributed by atoms with Crippen molar-refractivity contribution in [2.24, 2.45) is 0 Å². The number of anilines is 1. The summed E-state index contributed by atoms with van der Waals surface area (Å²) in [5.74, 6) is 1.37. The summed E-state index contributed by atoms with van der Waals surface area (Å²) in [5.41, 5.74) is 6.36. The summed E-state index contributed by atoms with van der Waals surface area (Å²) in [6.07, 6.45) is 0. The van der Waals surface area contributed by atoms with Gasteiger partial charge in [0.1, 0.15) is 13.2 Å². The monoisotopic (exact) mass is 229 g/mol. The van der Waals surface area contributed by atoms with Gasteiger partial charge in [0.15, 0.2) is 11.5 Å². The third-order valence-electron chi connectivity index (χ3n) is 1.69. The number of fused-ring (bicyclic) bond motifs is 1. The SMILES string of the molecule is Nc1c(Br)ccc2c1OCCO2. The standard InChI is InChI=1S/C8H8BrNO2/c9-5-1-2-6-8(7(5)10)12-4-3-11-6/h1-2H,3-4,10H2. The minimum absolute atomic E-state index is 0.563. The molecule has 1 aromatic carbocycles. The van der Waals surface area contributed by atoms with E-state index in [1.54, 1.807) is 0 Å². The molecule has 0 spiro atoms. The van der Waals surface area contributed by atoms with Crippen molar-refractivity contribution in [3.05, 3.63) is 16.6 Å². The number of benzene rings is 1. The lowest BCUT2D eigenvalue weighted by Crippen LogP contribution is -2.16. The molecule has 0 aromatic heterocycles. The van der Waals surface area contributed by atoms with Crippen LogP contribution in [0, 0.1) is 0 Å². The zero-order valence-electron chi connectivity index (χ0n) is 6.34. The molecular weight excluding hydrogens is 222 g/mol. The van der Waals surface area contributed by atoms with Crippen LogP contribution in [0.2, 0.25) is 0 Å². The molecule has 4 heteroatoms. The van der Waals surface area contributed by atoms with Crippen molar-refractivity contribution in [3.8, 4) is 11.5 Å². The fraction of sp³-hybridized carbons (Fsp3) is 0.250. The molecule has 1 heterocycles. The van der Waals surface area contributed by atoms with Crippen molar-refractivity contribution in [2.45, 2.75) is 0 Å². The lowest BCUT2D eigenvalue weighted by molar-refractivity contribution is 0.172. The normalized spacial score (nSPS) is 14.4. The molecule has 0 atom stereocenters. The zero-order valence-corrected chi connectivity index (χ0v) is 7.93. The first kappa shape index (κ1) is 7.73. The van der Waals surface area contributed by atoms with Crippen molar-refractivity contribution in [1.29, 1.82) is 0 Å². The number of rotatable bonds is 0. The maximum atomic E-state index is 5.75. The Labute approximate surface area is 78.6 Å². The van der Waals surface area contributed by atoms with Crippen LogP contribution in [-0.2, 0) is 0 Å². The Bertz CT molecular complexity index is 314. The van der Waals surface area contributed by atoms with Crippen LogP contribution < -0.4 is 15.2 Å². The van der Waals surface area contributed by atoms with E-state index in [4.69, 9.17) is 15.2 Å². The summed E-state index contributed by atoms with van der Waals surface area (Å²) in [7, 11) is 0. The van der Waals surface area contributed by atoms with Gasteiger partial charge in [0, 0.05) is 4.47 Å². The third kappa shape index (κ3) is 1.12. The fourth-order valence-electron chi connectivity index (χ4n) is 1.11. The van der Waals surface area contributed by atoms with Gasteiger partial charge in [0.25, 0.3) is 0 Å². The Morgan fingerprint density at radius 2 is 2.00 bits per heavy atom. The largest absolute Gasteiger partial charge is 0.486 e. The summed E-state index contributed by atoms with van der Waals surface area (Å²) in [4.78, 5) is 0. The van der Waals surface area contributed by atoms with E-state index in [-0.39, 0.29) is 0 Å². The van der Waals surface area contributed by atoms with E-state index < -0.39 is 0 Å². The highest BCUT2D eigenvalue weighted by atomic mass is 79.9. The number of hydrogen-bond acceptors (Lipinski definition) is 3. The molecule has 0 aliphatic carbocycles. The van der Waals surface area contributed by atoms with Crippen molar-refractivity contribution < 1.29 is 9.47 Å². The van der Waals surface area contributed by atoms with Gasteiger partial charge in [-0.25, -0.2) is 0 Å². The van der Waals surface area contributed by atoms with Crippen molar-refractivity contribution in [2.75, 3.05) is 18.9 Å². The highest BCUT2D eigenvalue weighted by molar-refractivity contribution is 9.10. The van der Waals surface area contributed by atoms with Crippen LogP contribution in [-0.4, -0.2) is 13.2 Å². The Morgan fingerprint density at radius 3 is 2.83 bits per heavy atom. The molecule has 1 aromatic rings. The topological polar surface area (TPSA) is 44.5 Å². The van der Waals surface area contributed by atoms with Gasteiger partial charge in [-0.05, 0) is 28.1 Å². The molecule has 2 rings (SSSR count). The first-order valence-electron chi connectivity index (χ1n) is 3.62. The summed E-state index contributed by atoms with van der Waals surface area (Å²) >= 11 is 3.31. The predicted octanol–water partition coefficient (Wildman–Crippen LogP) is 1.80. The minimum Gasteiger partial charge on any atom is -0.486 e. The van der Waals surface area contributed by atoms with Crippen LogP contribution in [0.3, 0.4) is 0 Å². The molecule has 12 heavy (non-hydrogen) atoms. The van der Waals surface area contributed by atoms with E-state index >= 15 is 0 Å². The van der Waals surface area contributed by atoms with Crippen molar-refractivity contribution >= 4 is 21.6 Å². The van der Waals surface area contributed by atoms with Crippen LogP contribution in [0.15, 0.2) is 16.6 Å². The average Bonchev–Trinajstić information content (AvgIpc) is 2.12. The smallest absolute Gasteiger partial charge is 0.185 e. The maximum absolute atomic E-state index is 5.75. The molecule has 1 aliphatic rings. The molecule has 0 amide bonds. The minimum atomic E-state index is 0.563. The van der Waals surface area contributed by atoms with Crippen LogP contribution in [0.1, 0.15) is 0 Å². The molecular formula is C8H8BrNO2. The number of ether oxygens (including phenoxy) is 2. The van der Waals surface area contributed by atoms with E-state index in [1.165, 1.54) is 0 Å². The van der Waals surface area contributed by atoms with Gasteiger partial charge in [0.05, 0.1) is 5.69 Å². The maximum Gasteiger partial charge on any atom is 0.185 e. The first-order valence-corrected chi connectivity index (χ1v) is 4.42. The number of nitrogen functional groups attached to an aromatic ring is 1. The molecule has 0 fully saturated rings. The Kier molecular flexibility index (Phi) is 1.84. The van der Waals surface area contributed by atoms with Crippen LogP contribution in [0.25, 0.3) is 0 Å². The summed E-state index contributed by atoms with van der Waals surface area (Å²) < 4.78 is 11.5. The van der Waals surface area contributed by atoms with Gasteiger partial charge in [0.2, 0.25) is 0 Å². The average molecular weight is 230 g/mol. The third-order valence-corrected chi connectivity index (χ3v) is 2.39. The van der Waals surface area contributed by atoms with E-state index in [0.717, 1.165) is 10.2 Å². The predicted molar refractivity (Wildman–Crippen MR) is 49.5 cm³/mol. The highest BCUT2D eigenvalue weighted by Crippen LogP contribution is 2.39. The second kappa shape index (κ2) is 2.86. The summed E-state index contributed by atoms with van der Waals surface area (Å²) in [6, 6.07) is 3.69. The molecule has 1 aliphatic heterocycles. The van der Waals surface area contributed by atoms with Gasteiger partial charge in [-0.2, -0.15) is 0 Å². The number of nitrogens with two attached hydrogens (primary N) is 1. The molecule has 64 valence electrons. The van der Waals surface area contributed by atoms with E-state index in [2.05, 4.69) is 15.9 Å². The summed E-state index contributed by atoms with van der Waals surface area (Å²) in [5, 5.41) is 0. The van der Waals surface area contributed by atoms with Gasteiger partial charge in [-0.3, -0.25) is 0 Å².